The second-order valence-electron chi connectivity index (χ2n) is 5.80. The summed E-state index contributed by atoms with van der Waals surface area (Å²) in [6, 6.07) is 8.35. The Hall–Kier alpha value is -2.88. The highest BCUT2D eigenvalue weighted by Gasteiger charge is 2.19. The molecule has 0 aliphatic heterocycles. The zero-order valence-corrected chi connectivity index (χ0v) is 17.5. The fourth-order valence-electron chi connectivity index (χ4n) is 2.74. The topological polar surface area (TPSA) is 90.6 Å². The molecule has 29 heavy (non-hydrogen) atoms. The van der Waals surface area contributed by atoms with Crippen LogP contribution in [0.3, 0.4) is 0 Å². The highest BCUT2D eigenvalue weighted by molar-refractivity contribution is 7.19. The first-order chi connectivity index (χ1) is 14.0. The van der Waals surface area contributed by atoms with Crippen molar-refractivity contribution in [2.75, 3.05) is 19.5 Å². The monoisotopic (exact) mass is 449 g/mol. The van der Waals surface area contributed by atoms with Gasteiger partial charge in [-0.25, -0.2) is 0 Å². The summed E-state index contributed by atoms with van der Waals surface area (Å²) in [5.41, 5.74) is 1.45. The molecule has 0 bridgehead atoms. The first-order valence-corrected chi connectivity index (χ1v) is 9.77. The van der Waals surface area contributed by atoms with E-state index in [2.05, 4.69) is 20.6 Å². The summed E-state index contributed by atoms with van der Waals surface area (Å²) in [4.78, 5) is 13.6. The van der Waals surface area contributed by atoms with Crippen molar-refractivity contribution in [1.82, 2.24) is 19.8 Å². The minimum Gasteiger partial charge on any atom is -0.495 e. The standard InChI is InChI=1S/C18H13Cl2N5O3S/c1-27-14-4-3-9(17-24-25-8-21-23-18(25)29-17)5-13(14)22-16(26)11-6-10(19)7-12(20)15(11)28-2/h3-8H,1-2H3,(H,22,26). The summed E-state index contributed by atoms with van der Waals surface area (Å²) in [7, 11) is 2.95. The van der Waals surface area contributed by atoms with Crippen molar-refractivity contribution in [1.29, 1.82) is 0 Å². The highest BCUT2D eigenvalue weighted by Crippen LogP contribution is 2.35. The van der Waals surface area contributed by atoms with Gasteiger partial charge in [-0.3, -0.25) is 4.79 Å². The van der Waals surface area contributed by atoms with Gasteiger partial charge in [0.05, 0.1) is 30.5 Å². The van der Waals surface area contributed by atoms with Crippen LogP contribution in [0.1, 0.15) is 10.4 Å². The largest absolute Gasteiger partial charge is 0.495 e. The molecular weight excluding hydrogens is 437 g/mol. The Morgan fingerprint density at radius 2 is 2.00 bits per heavy atom. The maximum Gasteiger partial charge on any atom is 0.259 e. The normalized spacial score (nSPS) is 10.9. The zero-order valence-electron chi connectivity index (χ0n) is 15.1. The molecule has 1 N–H and O–H groups in total. The fourth-order valence-corrected chi connectivity index (χ4v) is 4.13. The minimum absolute atomic E-state index is 0.205. The van der Waals surface area contributed by atoms with Gasteiger partial charge >= 0.3 is 0 Å². The van der Waals surface area contributed by atoms with Crippen molar-refractivity contribution < 1.29 is 14.3 Å². The molecule has 0 unspecified atom stereocenters. The van der Waals surface area contributed by atoms with Gasteiger partial charge in [-0.15, -0.1) is 10.2 Å². The van der Waals surface area contributed by atoms with Crippen LogP contribution in [0.5, 0.6) is 11.5 Å². The maximum atomic E-state index is 12.9. The predicted octanol–water partition coefficient (Wildman–Crippen LogP) is 4.43. The van der Waals surface area contributed by atoms with Crippen LogP contribution in [-0.4, -0.2) is 39.9 Å². The zero-order chi connectivity index (χ0) is 20.5. The Balaban J connectivity index is 1.71. The van der Waals surface area contributed by atoms with E-state index in [1.807, 2.05) is 6.07 Å². The number of ether oxygens (including phenoxy) is 2. The predicted molar refractivity (Wildman–Crippen MR) is 112 cm³/mol. The van der Waals surface area contributed by atoms with E-state index < -0.39 is 5.91 Å². The third-order valence-electron chi connectivity index (χ3n) is 4.04. The van der Waals surface area contributed by atoms with Crippen LogP contribution in [0.2, 0.25) is 10.0 Å². The molecule has 148 valence electrons. The summed E-state index contributed by atoms with van der Waals surface area (Å²) >= 11 is 13.6. The summed E-state index contributed by atoms with van der Waals surface area (Å²) in [6.07, 6.45) is 1.52. The number of hydrogen-bond donors (Lipinski definition) is 1. The van der Waals surface area contributed by atoms with E-state index in [0.29, 0.717) is 21.4 Å². The van der Waals surface area contributed by atoms with Crippen molar-refractivity contribution in [3.05, 3.63) is 52.3 Å². The summed E-state index contributed by atoms with van der Waals surface area (Å²) in [5.74, 6) is 0.273. The molecule has 0 saturated heterocycles. The minimum atomic E-state index is -0.445. The van der Waals surface area contributed by atoms with Crippen LogP contribution in [0.4, 0.5) is 5.69 Å². The molecule has 0 aliphatic rings. The third kappa shape index (κ3) is 3.71. The van der Waals surface area contributed by atoms with Gasteiger partial charge in [-0.05, 0) is 30.3 Å². The number of benzene rings is 2. The summed E-state index contributed by atoms with van der Waals surface area (Å²) in [6.45, 7) is 0. The molecule has 11 heteroatoms. The summed E-state index contributed by atoms with van der Waals surface area (Å²) < 4.78 is 12.2. The number of amides is 1. The number of nitrogens with one attached hydrogen (secondary N) is 1. The van der Waals surface area contributed by atoms with Gasteiger partial charge in [-0.2, -0.15) is 9.61 Å². The van der Waals surface area contributed by atoms with Crippen molar-refractivity contribution in [3.8, 4) is 22.1 Å². The number of aromatic nitrogens is 4. The van der Waals surface area contributed by atoms with E-state index in [0.717, 1.165) is 10.6 Å². The van der Waals surface area contributed by atoms with Crippen LogP contribution < -0.4 is 14.8 Å². The number of nitrogens with zero attached hydrogens (tertiary/aromatic N) is 4. The van der Waals surface area contributed by atoms with E-state index in [4.69, 9.17) is 32.7 Å². The lowest BCUT2D eigenvalue weighted by atomic mass is 10.1. The van der Waals surface area contributed by atoms with Crippen molar-refractivity contribution in [2.45, 2.75) is 0 Å². The van der Waals surface area contributed by atoms with E-state index in [1.165, 1.54) is 44.0 Å². The van der Waals surface area contributed by atoms with Gasteiger partial charge in [0.1, 0.15) is 22.8 Å². The van der Waals surface area contributed by atoms with Crippen molar-refractivity contribution >= 4 is 51.1 Å². The van der Waals surface area contributed by atoms with Gasteiger partial charge in [0.15, 0.2) is 0 Å². The Morgan fingerprint density at radius 3 is 2.72 bits per heavy atom. The molecule has 0 aliphatic carbocycles. The highest BCUT2D eigenvalue weighted by atomic mass is 35.5. The van der Waals surface area contributed by atoms with E-state index in [9.17, 15) is 4.79 Å². The van der Waals surface area contributed by atoms with Gasteiger partial charge in [0, 0.05) is 10.6 Å². The maximum absolute atomic E-state index is 12.9. The Kier molecular flexibility index (Phi) is 5.27. The first-order valence-electron chi connectivity index (χ1n) is 8.20. The number of anilines is 1. The van der Waals surface area contributed by atoms with Gasteiger partial charge in [-0.1, -0.05) is 34.5 Å². The lowest BCUT2D eigenvalue weighted by Crippen LogP contribution is -2.14. The molecule has 2 aromatic heterocycles. The molecule has 0 fully saturated rings. The molecule has 8 nitrogen and oxygen atoms in total. The molecule has 4 aromatic rings. The molecular formula is C18H13Cl2N5O3S. The fraction of sp³-hybridized carbons (Fsp3) is 0.111. The number of halogens is 2. The smallest absolute Gasteiger partial charge is 0.259 e. The van der Waals surface area contributed by atoms with Crippen molar-refractivity contribution in [3.63, 3.8) is 0 Å². The summed E-state index contributed by atoms with van der Waals surface area (Å²) in [5, 5.41) is 16.3. The first kappa shape index (κ1) is 19.4. The van der Waals surface area contributed by atoms with Crippen LogP contribution in [0, 0.1) is 0 Å². The van der Waals surface area contributed by atoms with Gasteiger partial charge < -0.3 is 14.8 Å². The molecule has 0 radical (unpaired) electrons. The SMILES string of the molecule is COc1ccc(-c2nn3cnnc3s2)cc1NC(=O)c1cc(Cl)cc(Cl)c1OC. The average Bonchev–Trinajstić information content (AvgIpc) is 3.29. The lowest BCUT2D eigenvalue weighted by Gasteiger charge is -2.14. The number of carbonyl (C=O) groups excluding carboxylic acids is 1. The second-order valence-corrected chi connectivity index (χ2v) is 7.60. The molecule has 0 atom stereocenters. The molecule has 4 rings (SSSR count). The second kappa shape index (κ2) is 7.86. The average molecular weight is 450 g/mol. The van der Waals surface area contributed by atoms with Gasteiger partial charge in [0.2, 0.25) is 4.96 Å². The van der Waals surface area contributed by atoms with Crippen LogP contribution >= 0.6 is 34.5 Å². The van der Waals surface area contributed by atoms with Crippen LogP contribution in [-0.2, 0) is 0 Å². The lowest BCUT2D eigenvalue weighted by molar-refractivity contribution is 0.102. The molecule has 2 aromatic carbocycles. The molecule has 0 saturated carbocycles. The Bertz CT molecular complexity index is 1200. The van der Waals surface area contributed by atoms with Crippen LogP contribution in [0.15, 0.2) is 36.7 Å². The quantitative estimate of drug-likeness (QED) is 0.484. The number of fused-ring (bicyclic) bond motifs is 1. The number of rotatable bonds is 5. The molecule has 1 amide bonds. The van der Waals surface area contributed by atoms with Crippen LogP contribution in [0.25, 0.3) is 15.5 Å². The number of hydrogen-bond acceptors (Lipinski definition) is 7. The Morgan fingerprint density at radius 1 is 1.17 bits per heavy atom. The van der Waals surface area contributed by atoms with E-state index in [1.54, 1.807) is 16.6 Å². The van der Waals surface area contributed by atoms with Gasteiger partial charge in [0.25, 0.3) is 5.91 Å². The van der Waals surface area contributed by atoms with E-state index in [-0.39, 0.29) is 16.3 Å². The van der Waals surface area contributed by atoms with Crippen molar-refractivity contribution in [2.24, 2.45) is 0 Å². The third-order valence-corrected chi connectivity index (χ3v) is 5.50. The molecule has 0 spiro atoms. The number of methoxy groups -OCH3 is 2. The Labute approximate surface area is 179 Å². The number of carbonyl (C=O) groups is 1. The molecule has 2 heterocycles. The van der Waals surface area contributed by atoms with E-state index >= 15 is 0 Å².